The van der Waals surface area contributed by atoms with Crippen LogP contribution in [0.4, 0.5) is 10.5 Å². The summed E-state index contributed by atoms with van der Waals surface area (Å²) in [4.78, 5) is 33.7. The number of nitriles is 1. The standard InChI is InChI=1S/C32H35N5O3/c1-24-11-13-25(14-12-24)22-36(17-15-27-21-34-30-10-4-3-9-29(27)30)31(38)23-37(16-6-18-40-2)32(39)35-28-8-5-7-26(19-28)20-33/h3-5,7-14,19,21,34H,6,15-18,22-23H2,1-2H3,(H,35,39). The molecule has 40 heavy (non-hydrogen) atoms. The molecule has 0 aliphatic rings. The van der Waals surface area contributed by atoms with Crippen molar-refractivity contribution in [2.75, 3.05) is 38.7 Å². The van der Waals surface area contributed by atoms with E-state index in [1.54, 1.807) is 31.4 Å². The lowest BCUT2D eigenvalue weighted by Crippen LogP contribution is -2.45. The molecule has 0 atom stereocenters. The summed E-state index contributed by atoms with van der Waals surface area (Å²) in [6.07, 6.45) is 3.26. The van der Waals surface area contributed by atoms with Crippen LogP contribution in [0.2, 0.25) is 0 Å². The van der Waals surface area contributed by atoms with Gasteiger partial charge in [0, 0.05) is 56.1 Å². The number of para-hydroxylation sites is 1. The van der Waals surface area contributed by atoms with Gasteiger partial charge in [-0.25, -0.2) is 4.79 Å². The van der Waals surface area contributed by atoms with Crippen LogP contribution >= 0.6 is 0 Å². The number of hydrogen-bond donors (Lipinski definition) is 2. The molecule has 0 aliphatic heterocycles. The number of methoxy groups -OCH3 is 1. The third kappa shape index (κ3) is 7.71. The Bertz CT molecular complexity index is 1470. The van der Waals surface area contributed by atoms with Crippen LogP contribution in [0, 0.1) is 18.3 Å². The summed E-state index contributed by atoms with van der Waals surface area (Å²) in [6.45, 7) is 3.73. The minimum absolute atomic E-state index is 0.0762. The number of H-pyrrole nitrogens is 1. The van der Waals surface area contributed by atoms with Gasteiger partial charge in [-0.3, -0.25) is 4.79 Å². The Morgan fingerprint density at radius 1 is 1.00 bits per heavy atom. The lowest BCUT2D eigenvalue weighted by Gasteiger charge is -2.28. The van der Waals surface area contributed by atoms with Gasteiger partial charge in [0.05, 0.1) is 11.6 Å². The average Bonchev–Trinajstić information content (AvgIpc) is 3.39. The van der Waals surface area contributed by atoms with Gasteiger partial charge >= 0.3 is 6.03 Å². The Hall–Kier alpha value is -4.61. The Kier molecular flexibility index (Phi) is 9.92. The second-order valence-corrected chi connectivity index (χ2v) is 9.80. The van der Waals surface area contributed by atoms with E-state index in [0.29, 0.717) is 50.3 Å². The number of aromatic amines is 1. The van der Waals surface area contributed by atoms with E-state index >= 15 is 0 Å². The van der Waals surface area contributed by atoms with E-state index < -0.39 is 6.03 Å². The third-order valence-corrected chi connectivity index (χ3v) is 6.81. The van der Waals surface area contributed by atoms with Crippen LogP contribution in [0.3, 0.4) is 0 Å². The summed E-state index contributed by atoms with van der Waals surface area (Å²) in [7, 11) is 1.61. The van der Waals surface area contributed by atoms with E-state index in [0.717, 1.165) is 27.6 Å². The van der Waals surface area contributed by atoms with Crippen molar-refractivity contribution in [1.29, 1.82) is 5.26 Å². The van der Waals surface area contributed by atoms with Crippen LogP contribution in [-0.4, -0.2) is 60.1 Å². The average molecular weight is 538 g/mol. The number of hydrogen-bond acceptors (Lipinski definition) is 4. The van der Waals surface area contributed by atoms with Crippen molar-refractivity contribution in [3.63, 3.8) is 0 Å². The quantitative estimate of drug-likeness (QED) is 0.233. The molecule has 0 saturated heterocycles. The van der Waals surface area contributed by atoms with Crippen LogP contribution in [0.5, 0.6) is 0 Å². The molecular weight excluding hydrogens is 502 g/mol. The van der Waals surface area contributed by atoms with Gasteiger partial charge in [0.2, 0.25) is 5.91 Å². The van der Waals surface area contributed by atoms with Crippen molar-refractivity contribution in [3.8, 4) is 6.07 Å². The smallest absolute Gasteiger partial charge is 0.322 e. The maximum Gasteiger partial charge on any atom is 0.322 e. The van der Waals surface area contributed by atoms with Crippen molar-refractivity contribution in [2.45, 2.75) is 26.3 Å². The molecule has 1 heterocycles. The number of carbonyl (C=O) groups excluding carboxylic acids is 2. The van der Waals surface area contributed by atoms with E-state index in [4.69, 9.17) is 4.74 Å². The van der Waals surface area contributed by atoms with E-state index in [-0.39, 0.29) is 12.5 Å². The minimum atomic E-state index is -0.397. The van der Waals surface area contributed by atoms with Gasteiger partial charge in [-0.15, -0.1) is 0 Å². The number of anilines is 1. The van der Waals surface area contributed by atoms with Gasteiger partial charge in [-0.2, -0.15) is 5.26 Å². The predicted molar refractivity (Wildman–Crippen MR) is 157 cm³/mol. The zero-order valence-electron chi connectivity index (χ0n) is 23.0. The van der Waals surface area contributed by atoms with Gasteiger partial charge in [-0.05, 0) is 55.2 Å². The van der Waals surface area contributed by atoms with Gasteiger partial charge in [-0.1, -0.05) is 54.1 Å². The molecule has 0 aliphatic carbocycles. The SMILES string of the molecule is COCCCN(CC(=O)N(CCc1c[nH]c2ccccc12)Cc1ccc(C)cc1)C(=O)Nc1cccc(C#N)c1. The number of benzene rings is 3. The number of aryl methyl sites for hydroxylation is 1. The monoisotopic (exact) mass is 537 g/mol. The molecule has 0 saturated carbocycles. The lowest BCUT2D eigenvalue weighted by atomic mass is 10.1. The first-order valence-electron chi connectivity index (χ1n) is 13.4. The van der Waals surface area contributed by atoms with Crippen molar-refractivity contribution in [3.05, 3.63) is 101 Å². The molecule has 8 heteroatoms. The Labute approximate surface area is 235 Å². The van der Waals surface area contributed by atoms with Gasteiger partial charge < -0.3 is 24.8 Å². The molecule has 4 rings (SSSR count). The number of urea groups is 1. The number of aromatic nitrogens is 1. The van der Waals surface area contributed by atoms with E-state index in [2.05, 4.69) is 22.4 Å². The van der Waals surface area contributed by atoms with E-state index in [9.17, 15) is 14.9 Å². The Balaban J connectivity index is 1.51. The van der Waals surface area contributed by atoms with E-state index in [1.165, 1.54) is 4.90 Å². The summed E-state index contributed by atoms with van der Waals surface area (Å²) >= 11 is 0. The summed E-state index contributed by atoms with van der Waals surface area (Å²) < 4.78 is 5.18. The highest BCUT2D eigenvalue weighted by Crippen LogP contribution is 2.19. The summed E-state index contributed by atoms with van der Waals surface area (Å²) in [6, 6.07) is 24.7. The molecule has 3 amide bonds. The number of ether oxygens (including phenoxy) is 1. The molecule has 0 radical (unpaired) electrons. The van der Waals surface area contributed by atoms with Crippen LogP contribution in [-0.2, 0) is 22.5 Å². The fourth-order valence-electron chi connectivity index (χ4n) is 4.58. The second-order valence-electron chi connectivity index (χ2n) is 9.80. The molecule has 1 aromatic heterocycles. The highest BCUT2D eigenvalue weighted by atomic mass is 16.5. The topological polar surface area (TPSA) is 101 Å². The van der Waals surface area contributed by atoms with Crippen molar-refractivity contribution in [2.24, 2.45) is 0 Å². The zero-order valence-corrected chi connectivity index (χ0v) is 23.0. The molecule has 0 fully saturated rings. The second kappa shape index (κ2) is 14.0. The first kappa shape index (κ1) is 28.4. The number of nitrogens with zero attached hydrogens (tertiary/aromatic N) is 3. The number of rotatable bonds is 12. The molecule has 0 unspecified atom stereocenters. The summed E-state index contributed by atoms with van der Waals surface area (Å²) in [5, 5.41) is 13.2. The number of carbonyl (C=O) groups is 2. The van der Waals surface area contributed by atoms with Gasteiger partial charge in [0.15, 0.2) is 0 Å². The Morgan fingerprint density at radius 2 is 1.80 bits per heavy atom. The molecule has 4 aromatic rings. The molecule has 3 aromatic carbocycles. The number of amides is 3. The van der Waals surface area contributed by atoms with Crippen molar-refractivity contribution in [1.82, 2.24) is 14.8 Å². The van der Waals surface area contributed by atoms with Crippen molar-refractivity contribution >= 4 is 28.5 Å². The fourth-order valence-corrected chi connectivity index (χ4v) is 4.58. The normalized spacial score (nSPS) is 10.7. The third-order valence-electron chi connectivity index (χ3n) is 6.81. The number of fused-ring (bicyclic) bond motifs is 1. The first-order valence-corrected chi connectivity index (χ1v) is 13.4. The molecule has 0 bridgehead atoms. The van der Waals surface area contributed by atoms with Crippen LogP contribution < -0.4 is 5.32 Å². The largest absolute Gasteiger partial charge is 0.385 e. The first-order chi connectivity index (χ1) is 19.5. The van der Waals surface area contributed by atoms with Crippen LogP contribution in [0.1, 0.15) is 28.7 Å². The molecule has 0 spiro atoms. The summed E-state index contributed by atoms with van der Waals surface area (Å²) in [5.41, 5.74) is 5.34. The maximum atomic E-state index is 13.8. The highest BCUT2D eigenvalue weighted by molar-refractivity contribution is 5.92. The van der Waals surface area contributed by atoms with Crippen molar-refractivity contribution < 1.29 is 14.3 Å². The van der Waals surface area contributed by atoms with Gasteiger partial charge in [0.25, 0.3) is 0 Å². The molecular formula is C32H35N5O3. The number of nitrogens with one attached hydrogen (secondary N) is 2. The Morgan fingerprint density at radius 3 is 2.58 bits per heavy atom. The lowest BCUT2D eigenvalue weighted by molar-refractivity contribution is -0.132. The van der Waals surface area contributed by atoms with Crippen LogP contribution in [0.25, 0.3) is 10.9 Å². The molecule has 2 N–H and O–H groups in total. The van der Waals surface area contributed by atoms with E-state index in [1.807, 2.05) is 60.5 Å². The molecule has 8 nitrogen and oxygen atoms in total. The summed E-state index contributed by atoms with van der Waals surface area (Å²) in [5.74, 6) is -0.140. The predicted octanol–water partition coefficient (Wildman–Crippen LogP) is 5.49. The van der Waals surface area contributed by atoms with Gasteiger partial charge in [0.1, 0.15) is 6.54 Å². The van der Waals surface area contributed by atoms with Crippen LogP contribution in [0.15, 0.2) is 79.0 Å². The zero-order chi connectivity index (χ0) is 28.3. The minimum Gasteiger partial charge on any atom is -0.385 e. The fraction of sp³-hybridized carbons (Fsp3) is 0.281. The highest BCUT2D eigenvalue weighted by Gasteiger charge is 2.22. The molecule has 206 valence electrons. The maximum absolute atomic E-state index is 13.8.